The topological polar surface area (TPSA) is 86.7 Å². The Morgan fingerprint density at radius 2 is 1.36 bits per heavy atom. The molecule has 0 radical (unpaired) electrons. The van der Waals surface area contributed by atoms with Gasteiger partial charge in [-0.25, -0.2) is 4.79 Å². The average molecular weight is 549 g/mol. The molecule has 7 heteroatoms. The molecular formula is C32H41N2O4P. The summed E-state index contributed by atoms with van der Waals surface area (Å²) in [6.45, 7) is 6.07. The summed E-state index contributed by atoms with van der Waals surface area (Å²) in [6, 6.07) is 27.1. The van der Waals surface area contributed by atoms with Gasteiger partial charge in [0.05, 0.1) is 0 Å². The van der Waals surface area contributed by atoms with E-state index >= 15 is 0 Å². The van der Waals surface area contributed by atoms with Crippen LogP contribution in [-0.4, -0.2) is 41.5 Å². The molecule has 0 aliphatic rings. The molecule has 2 unspecified atom stereocenters. The van der Waals surface area contributed by atoms with Gasteiger partial charge in [0, 0.05) is 31.8 Å². The molecule has 0 bridgehead atoms. The van der Waals surface area contributed by atoms with Crippen LogP contribution in [0.15, 0.2) is 84.9 Å². The van der Waals surface area contributed by atoms with Crippen molar-refractivity contribution in [2.45, 2.75) is 46.2 Å². The zero-order chi connectivity index (χ0) is 28.5. The number of carbonyl (C=O) groups excluding carboxylic acids is 2. The second kappa shape index (κ2) is 13.7. The Morgan fingerprint density at radius 3 is 1.90 bits per heavy atom. The fourth-order valence-electron chi connectivity index (χ4n) is 4.65. The Kier molecular flexibility index (Phi) is 10.7. The third-order valence-electron chi connectivity index (χ3n) is 6.54. The van der Waals surface area contributed by atoms with Crippen LogP contribution in [0.4, 0.5) is 4.79 Å². The number of benzene rings is 3. The molecule has 0 saturated carbocycles. The molecule has 3 rings (SSSR count). The van der Waals surface area contributed by atoms with Gasteiger partial charge in [-0.15, -0.1) is 0 Å². The number of hydrogen-bond acceptors (Lipinski definition) is 3. The first-order chi connectivity index (χ1) is 18.5. The van der Waals surface area contributed by atoms with Crippen LogP contribution < -0.4 is 5.32 Å². The van der Waals surface area contributed by atoms with E-state index in [9.17, 15) is 19.0 Å². The maximum absolute atomic E-state index is 13.7. The van der Waals surface area contributed by atoms with Crippen molar-refractivity contribution in [2.24, 2.45) is 11.3 Å². The highest BCUT2D eigenvalue weighted by molar-refractivity contribution is 7.57. The summed E-state index contributed by atoms with van der Waals surface area (Å²) in [7, 11) is -2.25. The number of urea groups is 1. The van der Waals surface area contributed by atoms with Crippen molar-refractivity contribution in [1.29, 1.82) is 0 Å². The van der Waals surface area contributed by atoms with Crippen LogP contribution >= 0.6 is 7.37 Å². The fourth-order valence-corrected chi connectivity index (χ4v) is 6.58. The van der Waals surface area contributed by atoms with Gasteiger partial charge in [-0.05, 0) is 46.9 Å². The first-order valence-corrected chi connectivity index (χ1v) is 15.5. The van der Waals surface area contributed by atoms with E-state index in [1.54, 1.807) is 0 Å². The van der Waals surface area contributed by atoms with Crippen molar-refractivity contribution in [3.8, 4) is 0 Å². The number of rotatable bonds is 11. The SMILES string of the molecule is CNC(=O)N(CC(C)(C)C)C(=O)C(CCc1ccccc1)CP(=O)(O)Cc1ccc(Cc2ccccc2)cc1. The van der Waals surface area contributed by atoms with Crippen LogP contribution in [0.1, 0.15) is 49.4 Å². The van der Waals surface area contributed by atoms with Crippen molar-refractivity contribution in [2.75, 3.05) is 19.8 Å². The number of hydrogen-bond donors (Lipinski definition) is 2. The summed E-state index contributed by atoms with van der Waals surface area (Å²) in [4.78, 5) is 38.7. The van der Waals surface area contributed by atoms with Crippen LogP contribution in [0, 0.1) is 11.3 Å². The van der Waals surface area contributed by atoms with Crippen molar-refractivity contribution < 1.29 is 19.0 Å². The Balaban J connectivity index is 1.77. The van der Waals surface area contributed by atoms with Gasteiger partial charge in [0.25, 0.3) is 0 Å². The number of nitrogens with zero attached hydrogens (tertiary/aromatic N) is 1. The maximum atomic E-state index is 13.7. The van der Waals surface area contributed by atoms with E-state index in [1.807, 2.05) is 93.6 Å². The van der Waals surface area contributed by atoms with Crippen LogP contribution in [0.3, 0.4) is 0 Å². The predicted molar refractivity (Wildman–Crippen MR) is 158 cm³/mol. The molecule has 3 aromatic rings. The number of aryl methyl sites for hydroxylation is 1. The Labute approximate surface area is 232 Å². The zero-order valence-corrected chi connectivity index (χ0v) is 24.4. The zero-order valence-electron chi connectivity index (χ0n) is 23.5. The molecule has 6 nitrogen and oxygen atoms in total. The quantitative estimate of drug-likeness (QED) is 0.268. The number of nitrogens with one attached hydrogen (secondary N) is 1. The summed E-state index contributed by atoms with van der Waals surface area (Å²) in [5, 5.41) is 2.56. The molecule has 3 aromatic carbocycles. The molecule has 0 heterocycles. The van der Waals surface area contributed by atoms with Crippen LogP contribution in [0.2, 0.25) is 0 Å². The van der Waals surface area contributed by atoms with E-state index in [2.05, 4.69) is 17.4 Å². The smallest absolute Gasteiger partial charge is 0.323 e. The predicted octanol–water partition coefficient (Wildman–Crippen LogP) is 6.51. The molecule has 0 aromatic heterocycles. The van der Waals surface area contributed by atoms with Gasteiger partial charge < -0.3 is 10.2 Å². The second-order valence-electron chi connectivity index (χ2n) is 11.4. The van der Waals surface area contributed by atoms with E-state index < -0.39 is 25.2 Å². The summed E-state index contributed by atoms with van der Waals surface area (Å²) in [5.41, 5.74) is 3.80. The van der Waals surface area contributed by atoms with Crippen molar-refractivity contribution in [3.63, 3.8) is 0 Å². The Morgan fingerprint density at radius 1 is 0.846 bits per heavy atom. The maximum Gasteiger partial charge on any atom is 0.323 e. The number of amides is 3. The lowest BCUT2D eigenvalue weighted by molar-refractivity contribution is -0.133. The normalized spacial score (nSPS) is 13.8. The highest BCUT2D eigenvalue weighted by atomic mass is 31.2. The molecule has 2 atom stereocenters. The molecule has 0 spiro atoms. The lowest BCUT2D eigenvalue weighted by atomic mass is 9.94. The van der Waals surface area contributed by atoms with Crippen LogP contribution in [-0.2, 0) is 28.4 Å². The van der Waals surface area contributed by atoms with Crippen molar-refractivity contribution in [3.05, 3.63) is 107 Å². The largest absolute Gasteiger partial charge is 0.344 e. The minimum absolute atomic E-state index is 0.0209. The highest BCUT2D eigenvalue weighted by Crippen LogP contribution is 2.47. The van der Waals surface area contributed by atoms with Crippen LogP contribution in [0.5, 0.6) is 0 Å². The van der Waals surface area contributed by atoms with E-state index in [1.165, 1.54) is 17.5 Å². The molecular weight excluding hydrogens is 507 g/mol. The standard InChI is InChI=1S/C32H41N2O4P/c1-32(2,3)24-34(31(36)33-4)30(35)29(20-19-25-11-7-5-8-12-25)23-39(37,38)22-28-17-15-27(16-18-28)21-26-13-9-6-10-14-26/h5-18,29H,19-24H2,1-4H3,(H,33,36)(H,37,38). The molecule has 0 aliphatic heterocycles. The van der Waals surface area contributed by atoms with E-state index in [-0.39, 0.29) is 24.3 Å². The molecule has 3 amide bonds. The van der Waals surface area contributed by atoms with Gasteiger partial charge in [-0.2, -0.15) is 0 Å². The first-order valence-electron chi connectivity index (χ1n) is 13.5. The summed E-state index contributed by atoms with van der Waals surface area (Å²) < 4.78 is 13.5. The summed E-state index contributed by atoms with van der Waals surface area (Å²) in [6.07, 6.45) is 1.54. The van der Waals surface area contributed by atoms with E-state index in [0.29, 0.717) is 12.8 Å². The van der Waals surface area contributed by atoms with Gasteiger partial charge in [-0.1, -0.05) is 106 Å². The molecule has 208 valence electrons. The van der Waals surface area contributed by atoms with E-state index in [0.717, 1.165) is 23.1 Å². The minimum Gasteiger partial charge on any atom is -0.344 e. The third kappa shape index (κ3) is 10.1. The lowest BCUT2D eigenvalue weighted by Gasteiger charge is -2.31. The summed E-state index contributed by atoms with van der Waals surface area (Å²) in [5.74, 6) is -1.18. The van der Waals surface area contributed by atoms with Gasteiger partial charge in [-0.3, -0.25) is 14.3 Å². The number of carbonyl (C=O) groups is 2. The summed E-state index contributed by atoms with van der Waals surface area (Å²) >= 11 is 0. The van der Waals surface area contributed by atoms with Gasteiger partial charge in [0.2, 0.25) is 13.3 Å². The Bertz CT molecular complexity index is 1250. The lowest BCUT2D eigenvalue weighted by Crippen LogP contribution is -2.49. The first kappa shape index (κ1) is 30.3. The fraction of sp³-hybridized carbons (Fsp3) is 0.375. The van der Waals surface area contributed by atoms with E-state index in [4.69, 9.17) is 0 Å². The number of imide groups is 1. The van der Waals surface area contributed by atoms with Gasteiger partial charge in [0.1, 0.15) is 0 Å². The minimum atomic E-state index is -3.74. The van der Waals surface area contributed by atoms with Crippen LogP contribution in [0.25, 0.3) is 0 Å². The van der Waals surface area contributed by atoms with Crippen molar-refractivity contribution >= 4 is 19.3 Å². The molecule has 39 heavy (non-hydrogen) atoms. The third-order valence-corrected chi connectivity index (χ3v) is 8.41. The van der Waals surface area contributed by atoms with Gasteiger partial charge >= 0.3 is 6.03 Å². The highest BCUT2D eigenvalue weighted by Gasteiger charge is 2.35. The monoisotopic (exact) mass is 548 g/mol. The molecule has 0 fully saturated rings. The second-order valence-corrected chi connectivity index (χ2v) is 13.8. The van der Waals surface area contributed by atoms with Crippen molar-refractivity contribution in [1.82, 2.24) is 10.2 Å². The molecule has 0 saturated heterocycles. The molecule has 0 aliphatic carbocycles. The Hall–Kier alpha value is -3.21. The molecule has 2 N–H and O–H groups in total. The average Bonchev–Trinajstić information content (AvgIpc) is 2.90. The van der Waals surface area contributed by atoms with Gasteiger partial charge in [0.15, 0.2) is 0 Å².